The highest BCUT2D eigenvalue weighted by Gasteiger charge is 2.47. The van der Waals surface area contributed by atoms with Gasteiger partial charge < -0.3 is 19.3 Å². The van der Waals surface area contributed by atoms with Crippen LogP contribution in [0.5, 0.6) is 0 Å². The number of rotatable bonds is 16. The molecule has 0 aromatic heterocycles. The smallest absolute Gasteiger partial charge is 0.328 e. The van der Waals surface area contributed by atoms with Crippen LogP contribution in [0.1, 0.15) is 65.5 Å². The summed E-state index contributed by atoms with van der Waals surface area (Å²) in [6.45, 7) is 0.514. The standard InChI is InChI=1S/C28H29NO5S.C28H29NO3S.CH4/c1-34-28(31)25-19-24(35(32,33)18-17-21-11-5-2-6-12-21)20-29(25)27(30)26(22-13-7-3-8-14-22)23-15-9-4-10-16-23;1-32-28(31)25-19-24(33-18-17-21-11-5-2-6-12-21)20-29(25)27(30)26(22-13-7-3-8-14-22)23-15-9-4-10-16-23;/h2-16,24-26H,17-20H2,1H3;2-16,24-26H,17-20H2,1H3;1H4/t2*24-,25-;/m00./s1. The van der Waals surface area contributed by atoms with Gasteiger partial charge in [0.05, 0.1) is 37.1 Å². The third-order valence-electron chi connectivity index (χ3n) is 12.7. The molecule has 0 N–H and O–H groups in total. The molecule has 2 aliphatic heterocycles. The Labute approximate surface area is 412 Å². The summed E-state index contributed by atoms with van der Waals surface area (Å²) < 4.78 is 36.6. The normalized spacial score (nSPS) is 17.6. The van der Waals surface area contributed by atoms with E-state index in [-0.39, 0.29) is 49.2 Å². The Morgan fingerprint density at radius 3 is 1.26 bits per heavy atom. The third-order valence-corrected chi connectivity index (χ3v) is 16.1. The van der Waals surface area contributed by atoms with Gasteiger partial charge in [0, 0.05) is 18.3 Å². The van der Waals surface area contributed by atoms with Crippen molar-refractivity contribution in [1.82, 2.24) is 9.80 Å². The van der Waals surface area contributed by atoms with E-state index in [0.717, 1.165) is 40.0 Å². The number of ether oxygens (including phenoxy) is 2. The number of hydrogen-bond donors (Lipinski definition) is 0. The summed E-state index contributed by atoms with van der Waals surface area (Å²) in [7, 11) is -0.902. The molecule has 8 rings (SSSR count). The molecule has 2 heterocycles. The van der Waals surface area contributed by atoms with Crippen LogP contribution in [0.3, 0.4) is 0 Å². The second-order valence-electron chi connectivity index (χ2n) is 17.0. The van der Waals surface area contributed by atoms with Gasteiger partial charge in [0.25, 0.3) is 0 Å². The molecule has 360 valence electrons. The fourth-order valence-corrected chi connectivity index (χ4v) is 12.1. The predicted molar refractivity (Wildman–Crippen MR) is 275 cm³/mol. The van der Waals surface area contributed by atoms with E-state index >= 15 is 0 Å². The molecule has 2 aliphatic rings. The third kappa shape index (κ3) is 13.4. The van der Waals surface area contributed by atoms with Crippen molar-refractivity contribution in [3.63, 3.8) is 0 Å². The summed E-state index contributed by atoms with van der Waals surface area (Å²) in [6.07, 6.45) is 2.00. The van der Waals surface area contributed by atoms with Crippen LogP contribution >= 0.6 is 11.8 Å². The van der Waals surface area contributed by atoms with Crippen LogP contribution < -0.4 is 0 Å². The van der Waals surface area contributed by atoms with Gasteiger partial charge in [-0.1, -0.05) is 189 Å². The molecule has 2 saturated heterocycles. The maximum atomic E-state index is 14.0. The van der Waals surface area contributed by atoms with Crippen LogP contribution in [-0.4, -0.2) is 103 Å². The van der Waals surface area contributed by atoms with Gasteiger partial charge in [0.2, 0.25) is 11.8 Å². The predicted octanol–water partition coefficient (Wildman–Crippen LogP) is 9.19. The minimum Gasteiger partial charge on any atom is -0.467 e. The number of methoxy groups -OCH3 is 2. The van der Waals surface area contributed by atoms with E-state index in [0.29, 0.717) is 19.4 Å². The first kappa shape index (κ1) is 51.9. The fourth-order valence-electron chi connectivity index (χ4n) is 9.11. The topological polar surface area (TPSA) is 127 Å². The van der Waals surface area contributed by atoms with Crippen molar-refractivity contribution in [3.8, 4) is 0 Å². The molecule has 0 bridgehead atoms. The minimum atomic E-state index is -3.56. The number of hydrogen-bond acceptors (Lipinski definition) is 9. The number of amides is 2. The molecule has 0 unspecified atom stereocenters. The first-order valence-corrected chi connectivity index (χ1v) is 25.7. The Balaban J connectivity index is 0.000000224. The molecule has 4 atom stereocenters. The molecule has 0 radical (unpaired) electrons. The zero-order chi connectivity index (χ0) is 47.9. The van der Waals surface area contributed by atoms with Crippen LogP contribution in [0, 0.1) is 0 Å². The van der Waals surface area contributed by atoms with Crippen molar-refractivity contribution in [2.75, 3.05) is 38.8 Å². The van der Waals surface area contributed by atoms with Crippen LogP contribution in [0.2, 0.25) is 0 Å². The van der Waals surface area contributed by atoms with E-state index in [9.17, 15) is 27.6 Å². The van der Waals surface area contributed by atoms with Crippen molar-refractivity contribution in [3.05, 3.63) is 215 Å². The number of carbonyl (C=O) groups is 4. The molecule has 2 amide bonds. The van der Waals surface area contributed by atoms with Gasteiger partial charge in [0.15, 0.2) is 9.84 Å². The highest BCUT2D eigenvalue weighted by Crippen LogP contribution is 2.36. The molecule has 0 saturated carbocycles. The summed E-state index contributed by atoms with van der Waals surface area (Å²) in [5, 5.41) is -0.625. The molecule has 0 aliphatic carbocycles. The quantitative estimate of drug-likeness (QED) is 0.0873. The van der Waals surface area contributed by atoms with E-state index in [1.165, 1.54) is 24.7 Å². The van der Waals surface area contributed by atoms with Crippen molar-refractivity contribution in [2.24, 2.45) is 0 Å². The summed E-state index contributed by atoms with van der Waals surface area (Å²) >= 11 is 1.83. The van der Waals surface area contributed by atoms with Gasteiger partial charge in [-0.15, -0.1) is 0 Å². The van der Waals surface area contributed by atoms with Crippen molar-refractivity contribution in [2.45, 2.75) is 67.5 Å². The lowest BCUT2D eigenvalue weighted by Crippen LogP contribution is -2.44. The number of nitrogens with zero attached hydrogens (tertiary/aromatic N) is 2. The summed E-state index contributed by atoms with van der Waals surface area (Å²) in [5.41, 5.74) is 5.65. The molecule has 0 spiro atoms. The molecule has 12 heteroatoms. The van der Waals surface area contributed by atoms with Gasteiger partial charge >= 0.3 is 11.9 Å². The van der Waals surface area contributed by atoms with E-state index < -0.39 is 45.0 Å². The van der Waals surface area contributed by atoms with Gasteiger partial charge in [-0.05, 0) is 64.8 Å². The average Bonchev–Trinajstić information content (AvgIpc) is 4.04. The van der Waals surface area contributed by atoms with Gasteiger partial charge in [-0.2, -0.15) is 11.8 Å². The molecule has 6 aromatic rings. The van der Waals surface area contributed by atoms with Crippen molar-refractivity contribution >= 4 is 45.4 Å². The highest BCUT2D eigenvalue weighted by molar-refractivity contribution is 7.99. The first-order chi connectivity index (χ1) is 33.1. The number of likely N-dealkylation sites (tertiary alicyclic amines) is 2. The van der Waals surface area contributed by atoms with Gasteiger partial charge in [-0.25, -0.2) is 18.0 Å². The lowest BCUT2D eigenvalue weighted by molar-refractivity contribution is -0.151. The van der Waals surface area contributed by atoms with Crippen molar-refractivity contribution < 1.29 is 37.1 Å². The fraction of sp³-hybridized carbons (Fsp3) is 0.298. The van der Waals surface area contributed by atoms with Crippen LogP contribution in [-0.2, 0) is 51.3 Å². The molecule has 69 heavy (non-hydrogen) atoms. The van der Waals surface area contributed by atoms with Crippen LogP contribution in [0.15, 0.2) is 182 Å². The van der Waals surface area contributed by atoms with Gasteiger partial charge in [-0.3, -0.25) is 9.59 Å². The zero-order valence-electron chi connectivity index (χ0n) is 38.4. The molecule has 6 aromatic carbocycles. The Morgan fingerprint density at radius 1 is 0.522 bits per heavy atom. The monoisotopic (exact) mass is 966 g/mol. The Bertz CT molecular complexity index is 2580. The lowest BCUT2D eigenvalue weighted by atomic mass is 9.90. The second kappa shape index (κ2) is 25.2. The maximum Gasteiger partial charge on any atom is 0.328 e. The summed E-state index contributed by atoms with van der Waals surface area (Å²) in [6, 6.07) is 56.5. The lowest BCUT2D eigenvalue weighted by Gasteiger charge is -2.28. The minimum absolute atomic E-state index is 0. The number of benzene rings is 6. The number of aryl methyl sites for hydroxylation is 2. The SMILES string of the molecule is C.COC(=O)[C@@H]1C[C@H](S(=O)(=O)CCc2ccccc2)CN1C(=O)C(c1ccccc1)c1ccccc1.COC(=O)[C@@H]1C[C@H](SCCc2ccccc2)CN1C(=O)C(c1ccccc1)c1ccccc1. The van der Waals surface area contributed by atoms with Crippen LogP contribution in [0.4, 0.5) is 0 Å². The van der Waals surface area contributed by atoms with Gasteiger partial charge in [0.1, 0.15) is 12.1 Å². The summed E-state index contributed by atoms with van der Waals surface area (Å²) in [5.74, 6) is -1.49. The van der Waals surface area contributed by atoms with E-state index in [4.69, 9.17) is 9.47 Å². The highest BCUT2D eigenvalue weighted by atomic mass is 32.2. The van der Waals surface area contributed by atoms with Crippen LogP contribution in [0.25, 0.3) is 0 Å². The Kier molecular flexibility index (Phi) is 19.0. The average molecular weight is 967 g/mol. The number of carbonyl (C=O) groups excluding carboxylic acids is 4. The van der Waals surface area contributed by atoms with E-state index in [1.54, 1.807) is 4.90 Å². The maximum absolute atomic E-state index is 14.0. The number of thioether (sulfide) groups is 1. The molecular formula is C57H62N2O8S2. The largest absolute Gasteiger partial charge is 0.467 e. The second-order valence-corrected chi connectivity index (χ2v) is 20.8. The number of sulfone groups is 1. The summed E-state index contributed by atoms with van der Waals surface area (Å²) in [4.78, 5) is 56.3. The Hall–Kier alpha value is -6.50. The first-order valence-electron chi connectivity index (χ1n) is 22.9. The number of esters is 2. The van der Waals surface area contributed by atoms with E-state index in [1.807, 2.05) is 169 Å². The molecule has 2 fully saturated rings. The molecular weight excluding hydrogens is 905 g/mol. The Morgan fingerprint density at radius 2 is 0.870 bits per heavy atom. The molecule has 10 nitrogen and oxygen atoms in total. The van der Waals surface area contributed by atoms with Crippen molar-refractivity contribution in [1.29, 1.82) is 0 Å². The van der Waals surface area contributed by atoms with E-state index in [2.05, 4.69) is 24.3 Å². The zero-order valence-corrected chi connectivity index (χ0v) is 40.1.